The summed E-state index contributed by atoms with van der Waals surface area (Å²) in [6.07, 6.45) is 0. The van der Waals surface area contributed by atoms with Crippen LogP contribution in [0.25, 0.3) is 0 Å². The van der Waals surface area contributed by atoms with Crippen molar-refractivity contribution in [2.75, 3.05) is 0 Å². The summed E-state index contributed by atoms with van der Waals surface area (Å²) in [4.78, 5) is 0. The van der Waals surface area contributed by atoms with Gasteiger partial charge >= 0.3 is 0 Å². The molecule has 0 amide bonds. The van der Waals surface area contributed by atoms with Gasteiger partial charge in [0.15, 0.2) is 0 Å². The molecule has 0 aromatic heterocycles. The van der Waals surface area contributed by atoms with Crippen molar-refractivity contribution in [2.24, 2.45) is 0 Å². The third-order valence-electron chi connectivity index (χ3n) is 3.89. The minimum absolute atomic E-state index is 0. The maximum absolute atomic E-state index is 6.19. The van der Waals surface area contributed by atoms with E-state index in [-0.39, 0.29) is 12.4 Å². The lowest BCUT2D eigenvalue weighted by Crippen LogP contribution is -2.13. The second-order valence-corrected chi connectivity index (χ2v) is 7.97. The Morgan fingerprint density at radius 1 is 0.815 bits per heavy atom. The van der Waals surface area contributed by atoms with Crippen molar-refractivity contribution in [1.29, 1.82) is 0 Å². The maximum atomic E-state index is 6.19. The summed E-state index contributed by atoms with van der Waals surface area (Å²) in [6, 6.07) is 22.1. The van der Waals surface area contributed by atoms with Crippen LogP contribution in [0.5, 0.6) is 5.75 Å². The quantitative estimate of drug-likeness (QED) is 0.349. The zero-order valence-corrected chi connectivity index (χ0v) is 19.2. The molecule has 0 saturated carbocycles. The lowest BCUT2D eigenvalue weighted by molar-refractivity contribution is 0.302. The molecule has 142 valence electrons. The molecule has 0 heterocycles. The van der Waals surface area contributed by atoms with Gasteiger partial charge in [0, 0.05) is 18.1 Å². The van der Waals surface area contributed by atoms with Gasteiger partial charge in [-0.1, -0.05) is 60.1 Å². The van der Waals surface area contributed by atoms with Gasteiger partial charge < -0.3 is 10.1 Å². The standard InChI is InChI=1S/C21H18Br2ClNO.ClH/c22-18-10-16(12-25-13-17-8-4-5-9-20(17)24)11-19(23)21(18)26-14-15-6-2-1-3-7-15;/h1-11,25H,12-14H2;1H. The van der Waals surface area contributed by atoms with Crippen LogP contribution in [-0.4, -0.2) is 0 Å². The van der Waals surface area contributed by atoms with Gasteiger partial charge in [-0.2, -0.15) is 0 Å². The normalized spacial score (nSPS) is 10.3. The zero-order chi connectivity index (χ0) is 18.4. The van der Waals surface area contributed by atoms with E-state index in [2.05, 4.69) is 61.4 Å². The van der Waals surface area contributed by atoms with E-state index < -0.39 is 0 Å². The van der Waals surface area contributed by atoms with Gasteiger partial charge in [-0.05, 0) is 66.7 Å². The van der Waals surface area contributed by atoms with Gasteiger partial charge in [-0.15, -0.1) is 12.4 Å². The molecule has 6 heteroatoms. The van der Waals surface area contributed by atoms with Crippen molar-refractivity contribution >= 4 is 55.9 Å². The molecule has 0 saturated heterocycles. The SMILES string of the molecule is Cl.Clc1ccccc1CNCc1cc(Br)c(OCc2ccccc2)c(Br)c1. The van der Waals surface area contributed by atoms with E-state index in [1.165, 1.54) is 0 Å². The Hall–Kier alpha value is -1.04. The second kappa shape index (κ2) is 11.1. The van der Waals surface area contributed by atoms with Crippen molar-refractivity contribution in [2.45, 2.75) is 19.7 Å². The predicted molar refractivity (Wildman–Crippen MR) is 122 cm³/mol. The van der Waals surface area contributed by atoms with Crippen LogP contribution in [0.2, 0.25) is 5.02 Å². The van der Waals surface area contributed by atoms with E-state index in [0.29, 0.717) is 6.61 Å². The molecule has 0 aliphatic carbocycles. The van der Waals surface area contributed by atoms with Crippen LogP contribution in [0.15, 0.2) is 75.7 Å². The largest absolute Gasteiger partial charge is 0.487 e. The Balaban J connectivity index is 0.00000261. The molecule has 0 aliphatic heterocycles. The minimum atomic E-state index is 0. The van der Waals surface area contributed by atoms with E-state index in [0.717, 1.165) is 49.5 Å². The molecule has 0 bridgehead atoms. The molecule has 1 N–H and O–H groups in total. The summed E-state index contributed by atoms with van der Waals surface area (Å²) in [5, 5.41) is 4.21. The highest BCUT2D eigenvalue weighted by Crippen LogP contribution is 2.35. The molecule has 0 aliphatic rings. The first-order chi connectivity index (χ1) is 12.6. The van der Waals surface area contributed by atoms with Crippen LogP contribution in [0.1, 0.15) is 16.7 Å². The van der Waals surface area contributed by atoms with Crippen molar-refractivity contribution in [3.8, 4) is 5.75 Å². The van der Waals surface area contributed by atoms with E-state index in [4.69, 9.17) is 16.3 Å². The summed E-state index contributed by atoms with van der Waals surface area (Å²) < 4.78 is 7.82. The number of halogens is 4. The van der Waals surface area contributed by atoms with Crippen LogP contribution >= 0.6 is 55.9 Å². The number of ether oxygens (including phenoxy) is 1. The Morgan fingerprint density at radius 2 is 1.44 bits per heavy atom. The summed E-state index contributed by atoms with van der Waals surface area (Å²) in [7, 11) is 0. The molecule has 0 spiro atoms. The van der Waals surface area contributed by atoms with Gasteiger partial charge in [0.2, 0.25) is 0 Å². The Morgan fingerprint density at radius 3 is 2.11 bits per heavy atom. The first-order valence-electron chi connectivity index (χ1n) is 8.22. The fourth-order valence-electron chi connectivity index (χ4n) is 2.57. The van der Waals surface area contributed by atoms with Crippen molar-refractivity contribution in [1.82, 2.24) is 5.32 Å². The van der Waals surface area contributed by atoms with Gasteiger partial charge in [0.05, 0.1) is 8.95 Å². The van der Waals surface area contributed by atoms with Crippen LogP contribution in [0.3, 0.4) is 0 Å². The Bertz CT molecular complexity index is 852. The van der Waals surface area contributed by atoms with Crippen molar-refractivity contribution in [3.63, 3.8) is 0 Å². The van der Waals surface area contributed by atoms with Crippen LogP contribution in [-0.2, 0) is 19.7 Å². The molecule has 0 fully saturated rings. The Kier molecular flexibility index (Phi) is 9.13. The topological polar surface area (TPSA) is 21.3 Å². The van der Waals surface area contributed by atoms with Crippen molar-refractivity contribution < 1.29 is 4.74 Å². The number of hydrogen-bond acceptors (Lipinski definition) is 2. The highest BCUT2D eigenvalue weighted by atomic mass is 79.9. The second-order valence-electron chi connectivity index (χ2n) is 5.86. The van der Waals surface area contributed by atoms with E-state index in [1.807, 2.05) is 42.5 Å². The number of rotatable bonds is 7. The monoisotopic (exact) mass is 529 g/mol. The fraction of sp³-hybridized carbons (Fsp3) is 0.143. The minimum Gasteiger partial charge on any atom is -0.487 e. The summed E-state index contributed by atoms with van der Waals surface area (Å²) in [6.45, 7) is 1.99. The van der Waals surface area contributed by atoms with Crippen molar-refractivity contribution in [3.05, 3.63) is 97.4 Å². The molecule has 3 rings (SSSR count). The van der Waals surface area contributed by atoms with Gasteiger partial charge in [-0.25, -0.2) is 0 Å². The molecule has 0 atom stereocenters. The lowest BCUT2D eigenvalue weighted by Gasteiger charge is -2.13. The molecular weight excluding hydrogens is 513 g/mol. The fourth-order valence-corrected chi connectivity index (χ4v) is 4.28. The van der Waals surface area contributed by atoms with Gasteiger partial charge in [0.1, 0.15) is 12.4 Å². The van der Waals surface area contributed by atoms with E-state index in [1.54, 1.807) is 0 Å². The molecule has 2 nitrogen and oxygen atoms in total. The number of benzene rings is 3. The average Bonchev–Trinajstić information content (AvgIpc) is 2.63. The highest BCUT2D eigenvalue weighted by molar-refractivity contribution is 9.11. The van der Waals surface area contributed by atoms with Crippen LogP contribution in [0.4, 0.5) is 0 Å². The first kappa shape index (κ1) is 22.3. The van der Waals surface area contributed by atoms with Gasteiger partial charge in [0.25, 0.3) is 0 Å². The smallest absolute Gasteiger partial charge is 0.148 e. The molecule has 27 heavy (non-hydrogen) atoms. The Labute approximate surface area is 187 Å². The lowest BCUT2D eigenvalue weighted by atomic mass is 10.2. The predicted octanol–water partition coefficient (Wildman–Crippen LogP) is 7.16. The van der Waals surface area contributed by atoms with Gasteiger partial charge in [-0.3, -0.25) is 0 Å². The van der Waals surface area contributed by atoms with Crippen LogP contribution in [0, 0.1) is 0 Å². The van der Waals surface area contributed by atoms with E-state index in [9.17, 15) is 0 Å². The molecular formula is C21H19Br2Cl2NO. The summed E-state index contributed by atoms with van der Waals surface area (Å²) in [5.41, 5.74) is 3.38. The molecule has 0 radical (unpaired) electrons. The summed E-state index contributed by atoms with van der Waals surface area (Å²) in [5.74, 6) is 0.809. The third kappa shape index (κ3) is 6.51. The zero-order valence-electron chi connectivity index (χ0n) is 14.4. The highest BCUT2D eigenvalue weighted by Gasteiger charge is 2.10. The average molecular weight is 532 g/mol. The maximum Gasteiger partial charge on any atom is 0.148 e. The molecule has 3 aromatic carbocycles. The van der Waals surface area contributed by atoms with E-state index >= 15 is 0 Å². The first-order valence-corrected chi connectivity index (χ1v) is 10.2. The summed E-state index contributed by atoms with van der Waals surface area (Å²) >= 11 is 13.4. The number of hydrogen-bond donors (Lipinski definition) is 1. The molecule has 3 aromatic rings. The molecule has 0 unspecified atom stereocenters. The third-order valence-corrected chi connectivity index (χ3v) is 5.43. The van der Waals surface area contributed by atoms with Crippen LogP contribution < -0.4 is 10.1 Å². The number of nitrogens with one attached hydrogen (secondary N) is 1.